The molecule has 0 N–H and O–H groups in total. The van der Waals surface area contributed by atoms with Gasteiger partial charge in [-0.1, -0.05) is 99.6 Å². The molecule has 0 aromatic heterocycles. The normalized spacial score (nSPS) is 15.0. The van der Waals surface area contributed by atoms with Gasteiger partial charge in [0.2, 0.25) is 0 Å². The highest BCUT2D eigenvalue weighted by Crippen LogP contribution is 2.38. The van der Waals surface area contributed by atoms with Crippen molar-refractivity contribution in [3.05, 3.63) is 88.2 Å². The molecule has 0 amide bonds. The largest absolute Gasteiger partial charge is 0.255 e. The van der Waals surface area contributed by atoms with E-state index in [1.54, 1.807) is 0 Å². The van der Waals surface area contributed by atoms with Gasteiger partial charge in [0.25, 0.3) is 0 Å². The molecule has 1 aliphatic heterocycles. The van der Waals surface area contributed by atoms with Crippen LogP contribution in [0.4, 0.5) is 0 Å². The zero-order chi connectivity index (χ0) is 20.6. The number of allylic oxidation sites excluding steroid dienone is 2. The molecule has 1 nitrogen and oxygen atoms in total. The number of rotatable bonds is 4. The lowest BCUT2D eigenvalue weighted by atomic mass is 9.88. The summed E-state index contributed by atoms with van der Waals surface area (Å²) in [6.45, 7) is 20.6. The predicted octanol–water partition coefficient (Wildman–Crippen LogP) is 6.92. The van der Waals surface area contributed by atoms with Crippen molar-refractivity contribution in [3.8, 4) is 11.1 Å². The molecule has 0 spiro atoms. The van der Waals surface area contributed by atoms with Crippen LogP contribution in [0.1, 0.15) is 30.5 Å². The maximum Gasteiger partial charge on any atom is 0.147 e. The molecule has 0 aliphatic carbocycles. The van der Waals surface area contributed by atoms with Gasteiger partial charge in [0.1, 0.15) is 12.2 Å². The highest BCUT2D eigenvalue weighted by molar-refractivity contribution is 6.84. The third kappa shape index (κ3) is 3.93. The molecule has 0 saturated heterocycles. The summed E-state index contributed by atoms with van der Waals surface area (Å²) in [6, 6.07) is 16.5. The Labute approximate surface area is 172 Å². The van der Waals surface area contributed by atoms with Crippen LogP contribution >= 0.6 is 0 Å². The predicted molar refractivity (Wildman–Crippen MR) is 125 cm³/mol. The number of nitrogens with zero attached hydrogens (tertiary/aromatic N) is 1. The van der Waals surface area contributed by atoms with Gasteiger partial charge >= 0.3 is 0 Å². The number of hydrogen-bond donors (Lipinski definition) is 0. The first-order valence-electron chi connectivity index (χ1n) is 10.2. The summed E-state index contributed by atoms with van der Waals surface area (Å²) >= 11 is 0. The minimum Gasteiger partial charge on any atom is -0.255 e. The summed E-state index contributed by atoms with van der Waals surface area (Å²) in [5, 5.41) is 1.51. The van der Waals surface area contributed by atoms with E-state index in [-0.39, 0.29) is 0 Å². The fourth-order valence-electron chi connectivity index (χ4n) is 4.00. The standard InChI is InChI=1S/C26H33NSi/c1-18(2)22-16-25(27(5)17-26(22)28(6,7)8)24-15-23(19(3)14-20(24)4)21-12-10-9-11-13-21/h9-18H,5H2,1-4,6-8H3. The minimum absolute atomic E-state index is 0.501. The van der Waals surface area contributed by atoms with Gasteiger partial charge in [-0.15, -0.1) is 0 Å². The Morgan fingerprint density at radius 3 is 2.18 bits per heavy atom. The van der Waals surface area contributed by atoms with E-state index in [0.29, 0.717) is 5.92 Å². The number of hydrogen-bond acceptors (Lipinski definition) is 0. The van der Waals surface area contributed by atoms with E-state index in [0.717, 1.165) is 0 Å². The van der Waals surface area contributed by atoms with Crippen molar-refractivity contribution >= 4 is 14.8 Å². The van der Waals surface area contributed by atoms with Crippen molar-refractivity contribution in [2.45, 2.75) is 47.3 Å². The number of benzene rings is 2. The molecule has 0 saturated carbocycles. The Morgan fingerprint density at radius 2 is 1.61 bits per heavy atom. The van der Waals surface area contributed by atoms with Crippen molar-refractivity contribution in [2.75, 3.05) is 0 Å². The SMILES string of the molecule is C=[N+]1C=C([Si](C)(C)C)C(C(C)C)=C[C-]1c1cc(-c2ccccc2)c(C)cc1C. The Balaban J connectivity index is 2.14. The molecule has 1 aliphatic rings. The zero-order valence-electron chi connectivity index (χ0n) is 18.4. The van der Waals surface area contributed by atoms with Gasteiger partial charge < -0.3 is 0 Å². The van der Waals surface area contributed by atoms with E-state index >= 15 is 0 Å². The lowest BCUT2D eigenvalue weighted by molar-refractivity contribution is -0.418. The molecule has 28 heavy (non-hydrogen) atoms. The van der Waals surface area contributed by atoms with Crippen LogP contribution in [0.15, 0.2) is 65.5 Å². The Hall–Kier alpha value is -2.32. The highest BCUT2D eigenvalue weighted by atomic mass is 28.3. The quantitative estimate of drug-likeness (QED) is 0.304. The molecular formula is C26H33NSi. The summed E-state index contributed by atoms with van der Waals surface area (Å²) in [6.07, 6.45) is 4.68. The number of aryl methyl sites for hydroxylation is 2. The van der Waals surface area contributed by atoms with E-state index in [1.165, 1.54) is 44.6 Å². The van der Waals surface area contributed by atoms with Gasteiger partial charge in [0, 0.05) is 0 Å². The maximum atomic E-state index is 4.38. The van der Waals surface area contributed by atoms with Crippen LogP contribution < -0.4 is 0 Å². The van der Waals surface area contributed by atoms with Crippen LogP contribution in [0.25, 0.3) is 11.1 Å². The Morgan fingerprint density at radius 1 is 0.964 bits per heavy atom. The molecule has 0 unspecified atom stereocenters. The summed E-state index contributed by atoms with van der Waals surface area (Å²) in [4.78, 5) is 0. The van der Waals surface area contributed by atoms with Crippen LogP contribution in [-0.4, -0.2) is 19.4 Å². The van der Waals surface area contributed by atoms with E-state index in [9.17, 15) is 0 Å². The first-order valence-corrected chi connectivity index (χ1v) is 13.7. The van der Waals surface area contributed by atoms with Crippen molar-refractivity contribution in [1.82, 2.24) is 0 Å². The van der Waals surface area contributed by atoms with Crippen molar-refractivity contribution in [3.63, 3.8) is 0 Å². The van der Waals surface area contributed by atoms with Gasteiger partial charge in [-0.3, -0.25) is 4.58 Å². The molecular weight excluding hydrogens is 354 g/mol. The lowest BCUT2D eigenvalue weighted by Crippen LogP contribution is -2.32. The third-order valence-corrected chi connectivity index (χ3v) is 7.59. The molecule has 2 aromatic rings. The molecule has 146 valence electrons. The van der Waals surface area contributed by atoms with Crippen molar-refractivity contribution in [1.29, 1.82) is 0 Å². The third-order valence-electron chi connectivity index (χ3n) is 5.56. The summed E-state index contributed by atoms with van der Waals surface area (Å²) < 4.78 is 2.09. The van der Waals surface area contributed by atoms with E-state index in [2.05, 4.69) is 113 Å². The van der Waals surface area contributed by atoms with Gasteiger partial charge in [-0.05, 0) is 40.8 Å². The van der Waals surface area contributed by atoms with Gasteiger partial charge in [-0.25, -0.2) is 0 Å². The van der Waals surface area contributed by atoms with Crippen molar-refractivity contribution < 1.29 is 4.58 Å². The molecule has 0 bridgehead atoms. The van der Waals surface area contributed by atoms with Gasteiger partial charge in [-0.2, -0.15) is 0 Å². The van der Waals surface area contributed by atoms with Crippen LogP contribution in [0.3, 0.4) is 0 Å². The lowest BCUT2D eigenvalue weighted by Gasteiger charge is -2.33. The molecule has 2 heteroatoms. The van der Waals surface area contributed by atoms with E-state index in [4.69, 9.17) is 0 Å². The van der Waals surface area contributed by atoms with Crippen LogP contribution in [0, 0.1) is 25.8 Å². The molecule has 2 aromatic carbocycles. The van der Waals surface area contributed by atoms with Crippen molar-refractivity contribution in [2.24, 2.45) is 5.92 Å². The molecule has 3 rings (SSSR count). The second-order valence-electron chi connectivity index (χ2n) is 9.25. The fourth-order valence-corrected chi connectivity index (χ4v) is 5.77. The summed E-state index contributed by atoms with van der Waals surface area (Å²) in [5.74, 6) is 0.501. The first kappa shape index (κ1) is 20.4. The average Bonchev–Trinajstić information content (AvgIpc) is 2.62. The first-order chi connectivity index (χ1) is 13.1. The topological polar surface area (TPSA) is 3.01 Å². The average molecular weight is 388 g/mol. The minimum atomic E-state index is -1.44. The highest BCUT2D eigenvalue weighted by Gasteiger charge is 2.30. The molecule has 0 atom stereocenters. The fraction of sp³-hybridized carbons (Fsp3) is 0.308. The second-order valence-corrected chi connectivity index (χ2v) is 14.3. The second kappa shape index (κ2) is 7.60. The molecule has 1 heterocycles. The summed E-state index contributed by atoms with van der Waals surface area (Å²) in [7, 11) is -1.44. The smallest absolute Gasteiger partial charge is 0.147 e. The molecule has 0 radical (unpaired) electrons. The van der Waals surface area contributed by atoms with Gasteiger partial charge in [0.15, 0.2) is 0 Å². The monoisotopic (exact) mass is 387 g/mol. The van der Waals surface area contributed by atoms with Crippen LogP contribution in [-0.2, 0) is 0 Å². The van der Waals surface area contributed by atoms with E-state index in [1.807, 2.05) is 0 Å². The summed E-state index contributed by atoms with van der Waals surface area (Å²) in [5.41, 5.74) is 7.90. The van der Waals surface area contributed by atoms with Gasteiger partial charge in [0.05, 0.1) is 14.8 Å². The maximum absolute atomic E-state index is 4.38. The zero-order valence-corrected chi connectivity index (χ0v) is 19.4. The van der Waals surface area contributed by atoms with E-state index < -0.39 is 8.07 Å². The van der Waals surface area contributed by atoms with Crippen LogP contribution in [0.2, 0.25) is 19.6 Å². The Bertz CT molecular complexity index is 956. The van der Waals surface area contributed by atoms with Crippen LogP contribution in [0.5, 0.6) is 0 Å². The molecule has 0 fully saturated rings. The Kier molecular flexibility index (Phi) is 5.54.